The van der Waals surface area contributed by atoms with E-state index in [1.54, 1.807) is 13.8 Å². The Kier molecular flexibility index (Phi) is 13.1. The Hall–Kier alpha value is -3.52. The molecule has 4 unspecified atom stereocenters. The first-order valence-corrected chi connectivity index (χ1v) is 11.8. The van der Waals surface area contributed by atoms with Crippen LogP contribution in [-0.2, 0) is 30.4 Å². The van der Waals surface area contributed by atoms with Crippen LogP contribution < -0.4 is 33.2 Å². The highest BCUT2D eigenvalue weighted by atomic mass is 16.4. The molecule has 0 spiro atoms. The number of carboxylic acid groups (broad SMARTS) is 1. The number of carbonyl (C=O) groups is 5. The summed E-state index contributed by atoms with van der Waals surface area (Å²) < 4.78 is 0. The second kappa shape index (κ2) is 15.5. The highest BCUT2D eigenvalue weighted by Gasteiger charge is 2.32. The molecule has 0 aliphatic rings. The van der Waals surface area contributed by atoms with Crippen molar-refractivity contribution in [3.05, 3.63) is 18.2 Å². The summed E-state index contributed by atoms with van der Waals surface area (Å²) in [6, 6.07) is -4.42. The van der Waals surface area contributed by atoms with Crippen LogP contribution in [0.2, 0.25) is 0 Å². The highest BCUT2D eigenvalue weighted by molar-refractivity contribution is 5.94. The Morgan fingerprint density at radius 1 is 1.00 bits per heavy atom. The Balaban J connectivity index is 2.96. The van der Waals surface area contributed by atoms with Gasteiger partial charge in [0.2, 0.25) is 23.6 Å². The van der Waals surface area contributed by atoms with Crippen molar-refractivity contribution in [3.8, 4) is 0 Å². The third-order valence-corrected chi connectivity index (χ3v) is 5.46. The minimum atomic E-state index is -1.19. The molecule has 0 aromatic carbocycles. The van der Waals surface area contributed by atoms with Gasteiger partial charge in [-0.3, -0.25) is 19.2 Å². The molecule has 0 fully saturated rings. The summed E-state index contributed by atoms with van der Waals surface area (Å²) in [7, 11) is 0. The van der Waals surface area contributed by atoms with Crippen molar-refractivity contribution in [2.24, 2.45) is 23.1 Å². The average molecular weight is 511 g/mol. The largest absolute Gasteiger partial charge is 0.480 e. The van der Waals surface area contributed by atoms with Crippen LogP contribution in [0.25, 0.3) is 0 Å². The van der Waals surface area contributed by atoms with Crippen molar-refractivity contribution >= 4 is 29.6 Å². The number of hydrogen-bond acceptors (Lipinski definition) is 8. The number of imidazole rings is 1. The molecule has 0 bridgehead atoms. The van der Waals surface area contributed by atoms with Crippen LogP contribution in [0.4, 0.5) is 0 Å². The number of nitrogens with zero attached hydrogens (tertiary/aromatic N) is 1. The van der Waals surface area contributed by atoms with Gasteiger partial charge in [-0.25, -0.2) is 9.78 Å². The zero-order valence-electron chi connectivity index (χ0n) is 20.7. The van der Waals surface area contributed by atoms with Crippen LogP contribution >= 0.6 is 0 Å². The van der Waals surface area contributed by atoms with E-state index in [4.69, 9.17) is 17.2 Å². The normalized spacial score (nSPS) is 14.4. The number of amides is 4. The molecule has 1 aromatic rings. The maximum Gasteiger partial charge on any atom is 0.326 e. The van der Waals surface area contributed by atoms with Gasteiger partial charge in [0.05, 0.1) is 12.4 Å². The van der Waals surface area contributed by atoms with Crippen LogP contribution in [0.15, 0.2) is 12.5 Å². The Labute approximate surface area is 209 Å². The molecule has 4 amide bonds. The van der Waals surface area contributed by atoms with E-state index >= 15 is 0 Å². The third-order valence-electron chi connectivity index (χ3n) is 5.46. The maximum atomic E-state index is 13.2. The smallest absolute Gasteiger partial charge is 0.326 e. The Morgan fingerprint density at radius 2 is 1.67 bits per heavy atom. The van der Waals surface area contributed by atoms with Crippen molar-refractivity contribution in [3.63, 3.8) is 0 Å². The van der Waals surface area contributed by atoms with E-state index in [1.807, 2.05) is 0 Å². The lowest BCUT2D eigenvalue weighted by Crippen LogP contribution is -2.59. The molecule has 0 saturated heterocycles. The monoisotopic (exact) mass is 510 g/mol. The topological polar surface area (TPSA) is 248 Å². The van der Waals surface area contributed by atoms with Crippen LogP contribution in [-0.4, -0.2) is 75.4 Å². The summed E-state index contributed by atoms with van der Waals surface area (Å²) in [5.74, 6) is -4.21. The first-order chi connectivity index (χ1) is 17.0. The van der Waals surface area contributed by atoms with E-state index in [2.05, 4.69) is 25.9 Å². The lowest BCUT2D eigenvalue weighted by atomic mass is 10.0. The molecule has 0 aliphatic carbocycles. The molecule has 4 atom stereocenters. The predicted molar refractivity (Wildman–Crippen MR) is 130 cm³/mol. The number of rotatable bonds is 17. The summed E-state index contributed by atoms with van der Waals surface area (Å²) in [4.78, 5) is 67.9. The quantitative estimate of drug-likeness (QED) is 0.106. The minimum absolute atomic E-state index is 0.00266. The molecule has 14 heteroatoms. The Bertz CT molecular complexity index is 876. The number of carbonyl (C=O) groups excluding carboxylic acids is 4. The van der Waals surface area contributed by atoms with Gasteiger partial charge >= 0.3 is 5.97 Å². The van der Waals surface area contributed by atoms with Crippen molar-refractivity contribution in [1.82, 2.24) is 25.9 Å². The van der Waals surface area contributed by atoms with Gasteiger partial charge in [0.15, 0.2) is 0 Å². The molecule has 1 aromatic heterocycles. The Morgan fingerprint density at radius 3 is 2.19 bits per heavy atom. The van der Waals surface area contributed by atoms with E-state index < -0.39 is 59.7 Å². The number of nitrogens with two attached hydrogens (primary N) is 3. The van der Waals surface area contributed by atoms with Gasteiger partial charge in [-0.1, -0.05) is 13.8 Å². The SMILES string of the molecule is CC(C)C(NC(=O)C(Cc1cnc[nH]1)NC(=O)C(N)CCC(N)=O)C(=O)NC(CCCCN)C(=O)O. The molecule has 0 radical (unpaired) electrons. The summed E-state index contributed by atoms with van der Waals surface area (Å²) >= 11 is 0. The number of aromatic amines is 1. The first kappa shape index (κ1) is 30.5. The zero-order valence-corrected chi connectivity index (χ0v) is 20.7. The third kappa shape index (κ3) is 10.8. The van der Waals surface area contributed by atoms with E-state index in [9.17, 15) is 29.1 Å². The highest BCUT2D eigenvalue weighted by Crippen LogP contribution is 2.08. The number of H-pyrrole nitrogens is 1. The van der Waals surface area contributed by atoms with E-state index in [0.29, 0.717) is 25.1 Å². The van der Waals surface area contributed by atoms with Crippen molar-refractivity contribution in [2.45, 2.75) is 76.5 Å². The molecule has 11 N–H and O–H groups in total. The molecular formula is C22H38N8O6. The lowest BCUT2D eigenvalue weighted by molar-refractivity contribution is -0.142. The van der Waals surface area contributed by atoms with Gasteiger partial charge in [0.25, 0.3) is 0 Å². The standard InChI is InChI=1S/C22H38N8O6/c1-12(2)18(21(34)28-15(22(35)36)5-3-4-8-23)30-20(33)16(9-13-10-26-11-27-13)29-19(32)14(24)6-7-17(25)31/h10-12,14-16,18H,3-9,23-24H2,1-2H3,(H2,25,31)(H,26,27)(H,28,34)(H,29,32)(H,30,33)(H,35,36). The molecule has 0 saturated carbocycles. The first-order valence-electron chi connectivity index (χ1n) is 11.8. The lowest BCUT2D eigenvalue weighted by Gasteiger charge is -2.27. The fraction of sp³-hybridized carbons (Fsp3) is 0.636. The molecule has 36 heavy (non-hydrogen) atoms. The predicted octanol–water partition coefficient (Wildman–Crippen LogP) is -2.13. The number of aromatic nitrogens is 2. The fourth-order valence-corrected chi connectivity index (χ4v) is 3.33. The van der Waals surface area contributed by atoms with Gasteiger partial charge in [-0.2, -0.15) is 0 Å². The molecule has 202 valence electrons. The number of carboxylic acids is 1. The molecular weight excluding hydrogens is 472 g/mol. The summed E-state index contributed by atoms with van der Waals surface area (Å²) in [5, 5.41) is 17.1. The van der Waals surface area contributed by atoms with Gasteiger partial charge in [0, 0.05) is 24.7 Å². The van der Waals surface area contributed by atoms with E-state index in [1.165, 1.54) is 12.5 Å². The van der Waals surface area contributed by atoms with Crippen LogP contribution in [0.1, 0.15) is 51.6 Å². The molecule has 1 rings (SSSR count). The number of hydrogen-bond donors (Lipinski definition) is 8. The van der Waals surface area contributed by atoms with Crippen molar-refractivity contribution in [1.29, 1.82) is 0 Å². The van der Waals surface area contributed by atoms with Gasteiger partial charge in [-0.05, 0) is 38.1 Å². The number of aliphatic carboxylic acids is 1. The molecule has 1 heterocycles. The fourth-order valence-electron chi connectivity index (χ4n) is 3.33. The van der Waals surface area contributed by atoms with Crippen LogP contribution in [0, 0.1) is 5.92 Å². The number of nitrogens with one attached hydrogen (secondary N) is 4. The second-order valence-corrected chi connectivity index (χ2v) is 8.87. The maximum absolute atomic E-state index is 13.2. The average Bonchev–Trinajstić information content (AvgIpc) is 3.32. The minimum Gasteiger partial charge on any atom is -0.480 e. The van der Waals surface area contributed by atoms with Crippen LogP contribution in [0.3, 0.4) is 0 Å². The summed E-state index contributed by atoms with van der Waals surface area (Å²) in [6.45, 7) is 3.79. The summed E-state index contributed by atoms with van der Waals surface area (Å²) in [5.41, 5.74) is 16.9. The van der Waals surface area contributed by atoms with E-state index in [-0.39, 0.29) is 25.7 Å². The van der Waals surface area contributed by atoms with Gasteiger partial charge < -0.3 is 43.2 Å². The van der Waals surface area contributed by atoms with Gasteiger partial charge in [0.1, 0.15) is 18.1 Å². The van der Waals surface area contributed by atoms with Crippen molar-refractivity contribution < 1.29 is 29.1 Å². The van der Waals surface area contributed by atoms with Gasteiger partial charge in [-0.15, -0.1) is 0 Å². The zero-order chi connectivity index (χ0) is 27.3. The second-order valence-electron chi connectivity index (χ2n) is 8.87. The molecule has 14 nitrogen and oxygen atoms in total. The summed E-state index contributed by atoms with van der Waals surface area (Å²) in [6.07, 6.45) is 4.12. The number of primary amides is 1. The molecule has 0 aliphatic heterocycles. The van der Waals surface area contributed by atoms with E-state index in [0.717, 1.165) is 0 Å². The number of unbranched alkanes of at least 4 members (excludes halogenated alkanes) is 1. The van der Waals surface area contributed by atoms with Crippen molar-refractivity contribution in [2.75, 3.05) is 6.54 Å². The van der Waals surface area contributed by atoms with Crippen LogP contribution in [0.5, 0.6) is 0 Å².